The molecule has 0 fully saturated rings. The third-order valence-corrected chi connectivity index (χ3v) is 8.75. The molecule has 3 rings (SSSR count). The number of nitrogens with zero attached hydrogens (tertiary/aromatic N) is 1. The molecule has 42 heavy (non-hydrogen) atoms. The summed E-state index contributed by atoms with van der Waals surface area (Å²) in [7, 11) is 0. The van der Waals surface area contributed by atoms with E-state index in [-0.39, 0.29) is 28.3 Å². The van der Waals surface area contributed by atoms with Gasteiger partial charge in [-0.05, 0) is 59.1 Å². The number of carbonyl (C=O) groups is 1. The van der Waals surface area contributed by atoms with Crippen LogP contribution in [-0.4, -0.2) is 23.3 Å². The van der Waals surface area contributed by atoms with Crippen LogP contribution in [0.3, 0.4) is 0 Å². The summed E-state index contributed by atoms with van der Waals surface area (Å²) in [5.41, 5.74) is 3.75. The minimum absolute atomic E-state index is 0. The van der Waals surface area contributed by atoms with Gasteiger partial charge in [-0.2, -0.15) is 0 Å². The highest BCUT2D eigenvalue weighted by Crippen LogP contribution is 2.33. The van der Waals surface area contributed by atoms with Gasteiger partial charge in [0.05, 0.1) is 12.5 Å². The Hall–Kier alpha value is -1.92. The molecule has 0 unspecified atom stereocenters. The molecule has 0 spiro atoms. The second-order valence-corrected chi connectivity index (χ2v) is 13.8. The van der Waals surface area contributed by atoms with Crippen LogP contribution in [0.25, 0.3) is 0 Å². The van der Waals surface area contributed by atoms with Crippen molar-refractivity contribution in [2.75, 3.05) is 17.8 Å². The monoisotopic (exact) mass is 658 g/mol. The number of nitrogens with one attached hydrogen (secondary N) is 1. The summed E-state index contributed by atoms with van der Waals surface area (Å²) in [5.74, 6) is 1.72. The molecule has 0 aliphatic carbocycles. The number of allylic oxidation sites excluding steroid dienone is 1. The number of amides is 1. The number of halogens is 1. The Bertz CT molecular complexity index is 1090. The van der Waals surface area contributed by atoms with Gasteiger partial charge in [-0.15, -0.1) is 28.7 Å². The fraction of sp³-hybridized carbons (Fsp3) is 0.583. The van der Waals surface area contributed by atoms with E-state index < -0.39 is 0 Å². The van der Waals surface area contributed by atoms with Crippen molar-refractivity contribution in [3.63, 3.8) is 0 Å². The smallest absolute Gasteiger partial charge is 0.255 e. The average Bonchev–Trinajstić information content (AvgIpc) is 3.35. The molecule has 2 aromatic rings. The molecule has 2 aromatic carbocycles. The van der Waals surface area contributed by atoms with Crippen LogP contribution < -0.4 is 10.1 Å². The summed E-state index contributed by atoms with van der Waals surface area (Å²) in [4.78, 5) is 16.8. The van der Waals surface area contributed by atoms with E-state index in [0.29, 0.717) is 12.2 Å². The van der Waals surface area contributed by atoms with Crippen LogP contribution in [-0.2, 0) is 12.0 Å². The number of thioether (sulfide) groups is 1. The Balaban J connectivity index is 0.00000616. The van der Waals surface area contributed by atoms with Crippen LogP contribution >= 0.6 is 28.7 Å². The predicted molar refractivity (Wildman–Crippen MR) is 188 cm³/mol. The quantitative estimate of drug-likeness (QED) is 0.162. The minimum Gasteiger partial charge on any atom is -0.493 e. The molecule has 0 bridgehead atoms. The highest BCUT2D eigenvalue weighted by atomic mass is 79.9. The Morgan fingerprint density at radius 3 is 2.02 bits per heavy atom. The van der Waals surface area contributed by atoms with Gasteiger partial charge in [-0.25, -0.2) is 0 Å². The van der Waals surface area contributed by atoms with Crippen molar-refractivity contribution in [1.82, 2.24) is 4.90 Å². The summed E-state index contributed by atoms with van der Waals surface area (Å²) >= 11 is 1.87. The van der Waals surface area contributed by atoms with Crippen LogP contribution in [0.2, 0.25) is 0 Å². The molecule has 4 nitrogen and oxygen atoms in total. The van der Waals surface area contributed by atoms with Gasteiger partial charge in [0.15, 0.2) is 0 Å². The summed E-state index contributed by atoms with van der Waals surface area (Å²) in [5, 5.41) is 3.06. The Labute approximate surface area is 271 Å². The zero-order valence-corrected chi connectivity index (χ0v) is 29.3. The van der Waals surface area contributed by atoms with E-state index in [2.05, 4.69) is 69.2 Å². The van der Waals surface area contributed by atoms with Crippen molar-refractivity contribution in [3.05, 3.63) is 70.3 Å². The topological polar surface area (TPSA) is 41.6 Å². The number of hydrogen-bond acceptors (Lipinski definition) is 4. The van der Waals surface area contributed by atoms with Gasteiger partial charge >= 0.3 is 0 Å². The van der Waals surface area contributed by atoms with E-state index in [4.69, 9.17) is 4.74 Å². The van der Waals surface area contributed by atoms with Crippen molar-refractivity contribution >= 4 is 40.3 Å². The second-order valence-electron chi connectivity index (χ2n) is 12.6. The standard InChI is InChI=1S/C36H54N2O2S.BrH/c1-6-7-8-9-10-11-12-13-14-15-16-17-24-40-34-25-31(20-23-33(34)36(3,4)5)35(39)37-32-21-18-30(19-22-32)27-38-26-29(2)41-28-38;/h18-23,25-26H,6-17,24,27-28H2,1-5H3,(H,37,39);1H. The van der Waals surface area contributed by atoms with E-state index >= 15 is 0 Å². The zero-order valence-electron chi connectivity index (χ0n) is 26.8. The molecular weight excluding hydrogens is 604 g/mol. The predicted octanol–water partition coefficient (Wildman–Crippen LogP) is 11.3. The first-order chi connectivity index (χ1) is 19.8. The first-order valence-corrected chi connectivity index (χ1v) is 17.0. The van der Waals surface area contributed by atoms with Gasteiger partial charge in [0, 0.05) is 24.0 Å². The summed E-state index contributed by atoms with van der Waals surface area (Å²) in [6.07, 6.45) is 18.1. The van der Waals surface area contributed by atoms with Gasteiger partial charge in [-0.1, -0.05) is 117 Å². The molecule has 1 heterocycles. The lowest BCUT2D eigenvalue weighted by molar-refractivity contribution is 0.102. The van der Waals surface area contributed by atoms with Crippen molar-refractivity contribution in [3.8, 4) is 5.75 Å². The lowest BCUT2D eigenvalue weighted by atomic mass is 9.85. The molecule has 0 atom stereocenters. The number of ether oxygens (including phenoxy) is 1. The lowest BCUT2D eigenvalue weighted by Gasteiger charge is -2.23. The first kappa shape index (κ1) is 36.3. The lowest BCUT2D eigenvalue weighted by Crippen LogP contribution is -2.17. The van der Waals surface area contributed by atoms with Crippen LogP contribution in [0.1, 0.15) is 133 Å². The maximum absolute atomic E-state index is 13.1. The number of hydrogen-bond donors (Lipinski definition) is 1. The first-order valence-electron chi connectivity index (χ1n) is 16.0. The van der Waals surface area contributed by atoms with Crippen molar-refractivity contribution in [2.45, 2.75) is 124 Å². The molecule has 0 saturated carbocycles. The number of anilines is 1. The van der Waals surface area contributed by atoms with E-state index in [1.54, 1.807) is 0 Å². The fourth-order valence-electron chi connectivity index (χ4n) is 5.27. The molecule has 1 aliphatic heterocycles. The van der Waals surface area contributed by atoms with Crippen molar-refractivity contribution in [1.29, 1.82) is 0 Å². The van der Waals surface area contributed by atoms with E-state index in [0.717, 1.165) is 35.8 Å². The number of rotatable bonds is 18. The fourth-order valence-corrected chi connectivity index (χ4v) is 6.03. The number of benzene rings is 2. The zero-order chi connectivity index (χ0) is 29.5. The van der Waals surface area contributed by atoms with Crippen LogP contribution in [0.5, 0.6) is 5.75 Å². The normalized spacial score (nSPS) is 13.1. The van der Waals surface area contributed by atoms with E-state index in [1.165, 1.54) is 81.1 Å². The Kier molecular flexibility index (Phi) is 16.7. The van der Waals surface area contributed by atoms with Gasteiger partial charge in [0.2, 0.25) is 0 Å². The second kappa shape index (κ2) is 19.4. The highest BCUT2D eigenvalue weighted by Gasteiger charge is 2.21. The third kappa shape index (κ3) is 13.2. The Morgan fingerprint density at radius 2 is 1.48 bits per heavy atom. The van der Waals surface area contributed by atoms with Gasteiger partial charge in [0.1, 0.15) is 5.75 Å². The minimum atomic E-state index is -0.108. The summed E-state index contributed by atoms with van der Waals surface area (Å²) in [6.45, 7) is 12.6. The molecule has 6 heteroatoms. The maximum Gasteiger partial charge on any atom is 0.255 e. The molecule has 234 valence electrons. The highest BCUT2D eigenvalue weighted by molar-refractivity contribution is 8.93. The SMILES string of the molecule is Br.CCCCCCCCCCCCCCOc1cc(C(=O)Nc2ccc(CN3C=C(C)SC3)cc2)ccc1C(C)(C)C. The van der Waals surface area contributed by atoms with Crippen molar-refractivity contribution in [2.24, 2.45) is 0 Å². The molecule has 0 aromatic heterocycles. The summed E-state index contributed by atoms with van der Waals surface area (Å²) in [6, 6.07) is 14.1. The van der Waals surface area contributed by atoms with Gasteiger partial charge in [0.25, 0.3) is 5.91 Å². The number of carbonyl (C=O) groups excluding carboxylic acids is 1. The molecular formula is C36H55BrN2O2S. The molecule has 1 aliphatic rings. The van der Waals surface area contributed by atoms with E-state index in [1.807, 2.05) is 36.0 Å². The van der Waals surface area contributed by atoms with E-state index in [9.17, 15) is 4.79 Å². The average molecular weight is 660 g/mol. The molecule has 0 radical (unpaired) electrons. The maximum atomic E-state index is 13.1. The number of unbranched alkanes of at least 4 members (excludes halogenated alkanes) is 11. The summed E-state index contributed by atoms with van der Waals surface area (Å²) < 4.78 is 6.29. The van der Waals surface area contributed by atoms with Crippen molar-refractivity contribution < 1.29 is 9.53 Å². The van der Waals surface area contributed by atoms with Crippen LogP contribution in [0.15, 0.2) is 53.6 Å². The Morgan fingerprint density at radius 1 is 0.881 bits per heavy atom. The van der Waals surface area contributed by atoms with Gasteiger partial charge < -0.3 is 15.0 Å². The largest absolute Gasteiger partial charge is 0.493 e. The molecule has 1 amide bonds. The van der Waals surface area contributed by atoms with Crippen LogP contribution in [0.4, 0.5) is 5.69 Å². The van der Waals surface area contributed by atoms with Crippen LogP contribution in [0, 0.1) is 0 Å². The molecule has 0 saturated heterocycles. The third-order valence-electron chi connectivity index (χ3n) is 7.73. The molecule has 1 N–H and O–H groups in total. The van der Waals surface area contributed by atoms with Gasteiger partial charge in [-0.3, -0.25) is 4.79 Å².